The van der Waals surface area contributed by atoms with Gasteiger partial charge >= 0.3 is 0 Å². The number of imidazole rings is 1. The molecule has 2 aliphatic heterocycles. The zero-order valence-corrected chi connectivity index (χ0v) is 19.1. The molecule has 188 valence electrons. The van der Waals surface area contributed by atoms with Crippen LogP contribution >= 0.6 is 0 Å². The maximum absolute atomic E-state index is 12.8. The van der Waals surface area contributed by atoms with Gasteiger partial charge in [-0.2, -0.15) is 0 Å². The number of aromatic nitrogens is 4. The Bertz CT molecular complexity index is 931. The Labute approximate surface area is 197 Å². The lowest BCUT2D eigenvalue weighted by Crippen LogP contribution is -2.47. The number of hydrogen-bond acceptors (Lipinski definition) is 12. The van der Waals surface area contributed by atoms with Crippen molar-refractivity contribution < 1.29 is 19.7 Å². The number of aliphatic hydroxyl groups excluding tert-OH is 2. The highest BCUT2D eigenvalue weighted by molar-refractivity contribution is 5.82. The number of amides is 1. The summed E-state index contributed by atoms with van der Waals surface area (Å²) in [6.45, 7) is 8.19. The fraction of sp³-hybridized carbons (Fsp3) is 0.700. The van der Waals surface area contributed by atoms with Crippen molar-refractivity contribution in [1.29, 1.82) is 0 Å². The number of nitrogens with two attached hydrogens (primary N) is 1. The topological polar surface area (TPSA) is 188 Å². The minimum Gasteiger partial charge on any atom is -0.387 e. The summed E-state index contributed by atoms with van der Waals surface area (Å²) in [5.41, 5.74) is 6.51. The number of nitrogens with zero attached hydrogens (tertiary/aromatic N) is 5. The van der Waals surface area contributed by atoms with E-state index in [1.165, 1.54) is 17.2 Å². The molecule has 2 aliphatic rings. The van der Waals surface area contributed by atoms with Crippen LogP contribution in [0.25, 0.3) is 11.2 Å². The molecule has 0 spiro atoms. The van der Waals surface area contributed by atoms with E-state index in [4.69, 9.17) is 10.5 Å². The maximum Gasteiger partial charge on any atom is 0.252 e. The zero-order chi connectivity index (χ0) is 23.9. The maximum atomic E-state index is 12.8. The monoisotopic (exact) mass is 478 g/mol. The third-order valence-electron chi connectivity index (χ3n) is 6.05. The van der Waals surface area contributed by atoms with Crippen LogP contribution in [0.15, 0.2) is 12.7 Å². The Kier molecular flexibility index (Phi) is 8.55. The summed E-state index contributed by atoms with van der Waals surface area (Å²) < 4.78 is 7.19. The molecule has 2 unspecified atom stereocenters. The molecule has 2 aromatic rings. The van der Waals surface area contributed by atoms with Crippen LogP contribution in [-0.2, 0) is 9.53 Å². The predicted molar refractivity (Wildman–Crippen MR) is 124 cm³/mol. The van der Waals surface area contributed by atoms with Crippen LogP contribution in [-0.4, -0.2) is 124 Å². The summed E-state index contributed by atoms with van der Waals surface area (Å²) in [6, 6.07) is 0. The first-order valence-corrected chi connectivity index (χ1v) is 11.6. The van der Waals surface area contributed by atoms with E-state index in [9.17, 15) is 15.0 Å². The summed E-state index contributed by atoms with van der Waals surface area (Å²) in [4.78, 5) is 27.2. The molecule has 0 radical (unpaired) electrons. The number of carbonyl (C=O) groups excluding carboxylic acids is 1. The molecule has 1 amide bonds. The molecule has 4 rings (SSSR count). The van der Waals surface area contributed by atoms with Crippen LogP contribution in [0.3, 0.4) is 0 Å². The first-order chi connectivity index (χ1) is 16.6. The fourth-order valence-corrected chi connectivity index (χ4v) is 4.14. The smallest absolute Gasteiger partial charge is 0.252 e. The SMILES string of the molecule is Nc1ncnc2c1ncn2C1OC(C(=O)NCCN2CCNCCNCCNCC2)[C@@H](O)[C@H]1O. The van der Waals surface area contributed by atoms with Gasteiger partial charge in [0.05, 0.1) is 6.33 Å². The quantitative estimate of drug-likeness (QED) is 0.223. The number of nitrogen functional groups attached to an aromatic ring is 1. The third-order valence-corrected chi connectivity index (χ3v) is 6.05. The fourth-order valence-electron chi connectivity index (χ4n) is 4.14. The van der Waals surface area contributed by atoms with Gasteiger partial charge in [0.1, 0.15) is 24.1 Å². The number of carbonyl (C=O) groups is 1. The van der Waals surface area contributed by atoms with Gasteiger partial charge in [0.15, 0.2) is 23.8 Å². The molecule has 14 heteroatoms. The lowest BCUT2D eigenvalue weighted by atomic mass is 10.1. The Morgan fingerprint density at radius 1 is 1.06 bits per heavy atom. The predicted octanol–water partition coefficient (Wildman–Crippen LogP) is -3.77. The van der Waals surface area contributed by atoms with Gasteiger partial charge in [0.2, 0.25) is 0 Å². The normalized spacial score (nSPS) is 27.8. The van der Waals surface area contributed by atoms with Gasteiger partial charge < -0.3 is 42.0 Å². The average Bonchev–Trinajstić information content (AvgIpc) is 3.37. The van der Waals surface area contributed by atoms with E-state index in [0.717, 1.165) is 52.4 Å². The third kappa shape index (κ3) is 5.78. The highest BCUT2D eigenvalue weighted by Gasteiger charge is 2.47. The van der Waals surface area contributed by atoms with Crippen molar-refractivity contribution in [2.24, 2.45) is 0 Å². The van der Waals surface area contributed by atoms with E-state index in [1.54, 1.807) is 0 Å². The standard InChI is InChI=1S/C20H34N10O4/c21-17-13-18(27-11-26-17)30(12-28-13)20-15(32)14(31)16(34-20)19(33)25-7-10-29-8-5-23-3-1-22-2-4-24-6-9-29/h11-12,14-16,20,22-24,31-32H,1-10H2,(H,25,33)(H2,21,26,27)/t14-,15+,16?,20?/m0/s1. The van der Waals surface area contributed by atoms with E-state index >= 15 is 0 Å². The van der Waals surface area contributed by atoms with E-state index in [0.29, 0.717) is 24.3 Å². The molecule has 14 nitrogen and oxygen atoms in total. The largest absolute Gasteiger partial charge is 0.387 e. The molecule has 8 N–H and O–H groups in total. The Morgan fingerprint density at radius 3 is 2.44 bits per heavy atom. The van der Waals surface area contributed by atoms with E-state index in [-0.39, 0.29) is 5.82 Å². The number of hydrogen-bond donors (Lipinski definition) is 7. The van der Waals surface area contributed by atoms with Crippen molar-refractivity contribution in [3.8, 4) is 0 Å². The highest BCUT2D eigenvalue weighted by atomic mass is 16.6. The summed E-state index contributed by atoms with van der Waals surface area (Å²) in [5.74, 6) is -0.292. The van der Waals surface area contributed by atoms with Gasteiger partial charge in [0.25, 0.3) is 5.91 Å². The lowest BCUT2D eigenvalue weighted by Gasteiger charge is -2.24. The Morgan fingerprint density at radius 2 is 1.74 bits per heavy atom. The molecular weight excluding hydrogens is 444 g/mol. The number of aliphatic hydroxyl groups is 2. The molecule has 34 heavy (non-hydrogen) atoms. The number of ether oxygens (including phenoxy) is 1. The van der Waals surface area contributed by atoms with E-state index < -0.39 is 30.4 Å². The Balaban J connectivity index is 1.30. The minimum absolute atomic E-state index is 0.190. The van der Waals surface area contributed by atoms with Crippen molar-refractivity contribution >= 4 is 22.9 Å². The molecule has 2 fully saturated rings. The second-order valence-electron chi connectivity index (χ2n) is 8.39. The summed E-state index contributed by atoms with van der Waals surface area (Å²) >= 11 is 0. The molecule has 4 atom stereocenters. The molecule has 0 saturated carbocycles. The zero-order valence-electron chi connectivity index (χ0n) is 19.1. The molecule has 2 aromatic heterocycles. The van der Waals surface area contributed by atoms with E-state index in [1.807, 2.05) is 0 Å². The average molecular weight is 479 g/mol. The van der Waals surface area contributed by atoms with Crippen LogP contribution in [0.1, 0.15) is 6.23 Å². The van der Waals surface area contributed by atoms with Crippen molar-refractivity contribution in [2.45, 2.75) is 24.5 Å². The lowest BCUT2D eigenvalue weighted by molar-refractivity contribution is -0.137. The first-order valence-electron chi connectivity index (χ1n) is 11.6. The van der Waals surface area contributed by atoms with Crippen LogP contribution < -0.4 is 27.0 Å². The number of nitrogens with one attached hydrogen (secondary N) is 4. The van der Waals surface area contributed by atoms with Crippen LogP contribution in [0.5, 0.6) is 0 Å². The number of anilines is 1. The second kappa shape index (κ2) is 11.8. The van der Waals surface area contributed by atoms with Crippen molar-refractivity contribution in [2.75, 3.05) is 71.2 Å². The van der Waals surface area contributed by atoms with Gasteiger partial charge in [-0.1, -0.05) is 0 Å². The highest BCUT2D eigenvalue weighted by Crippen LogP contribution is 2.32. The van der Waals surface area contributed by atoms with Crippen LogP contribution in [0.2, 0.25) is 0 Å². The van der Waals surface area contributed by atoms with Crippen molar-refractivity contribution in [3.05, 3.63) is 12.7 Å². The van der Waals surface area contributed by atoms with Crippen molar-refractivity contribution in [1.82, 2.24) is 45.7 Å². The van der Waals surface area contributed by atoms with Gasteiger partial charge in [-0.3, -0.25) is 14.3 Å². The van der Waals surface area contributed by atoms with Gasteiger partial charge in [-0.05, 0) is 0 Å². The molecule has 0 aliphatic carbocycles. The van der Waals surface area contributed by atoms with Crippen LogP contribution in [0, 0.1) is 0 Å². The van der Waals surface area contributed by atoms with Gasteiger partial charge in [-0.25, -0.2) is 15.0 Å². The summed E-state index contributed by atoms with van der Waals surface area (Å²) in [6.07, 6.45) is -2.33. The molecule has 0 aromatic carbocycles. The summed E-state index contributed by atoms with van der Waals surface area (Å²) in [5, 5.41) is 34.0. The van der Waals surface area contributed by atoms with E-state index in [2.05, 4.69) is 41.1 Å². The Hall–Kier alpha value is -2.46. The second-order valence-corrected chi connectivity index (χ2v) is 8.39. The van der Waals surface area contributed by atoms with Crippen molar-refractivity contribution in [3.63, 3.8) is 0 Å². The molecule has 2 saturated heterocycles. The van der Waals surface area contributed by atoms with Gasteiger partial charge in [-0.15, -0.1) is 0 Å². The summed E-state index contributed by atoms with van der Waals surface area (Å²) in [7, 11) is 0. The first kappa shape index (κ1) is 24.7. The van der Waals surface area contributed by atoms with Gasteiger partial charge in [0, 0.05) is 65.4 Å². The number of fused-ring (bicyclic) bond motifs is 1. The molecular formula is C20H34N10O4. The minimum atomic E-state index is -1.40. The molecule has 4 heterocycles. The molecule has 0 bridgehead atoms. The number of rotatable bonds is 5. The van der Waals surface area contributed by atoms with Crippen LogP contribution in [0.4, 0.5) is 5.82 Å².